The van der Waals surface area contributed by atoms with Crippen molar-refractivity contribution < 1.29 is 9.59 Å². The Bertz CT molecular complexity index is 1500. The fourth-order valence-corrected chi connectivity index (χ4v) is 12.7. The molecule has 12 rings (SSSR count). The van der Waals surface area contributed by atoms with E-state index in [1.54, 1.807) is 22.7 Å². The van der Waals surface area contributed by atoms with Crippen LogP contribution in [-0.4, -0.2) is 12.6 Å². The summed E-state index contributed by atoms with van der Waals surface area (Å²) >= 11 is 5.48. The third-order valence-electron chi connectivity index (χ3n) is 9.95. The molecule has 0 spiro atoms. The zero-order valence-corrected chi connectivity index (χ0v) is 22.8. The summed E-state index contributed by atoms with van der Waals surface area (Å²) in [6, 6.07) is 0. The maximum atomic E-state index is 12.3. The number of fused-ring (bicyclic) bond motifs is 3. The predicted molar refractivity (Wildman–Crippen MR) is 153 cm³/mol. The standard InChI is InChI=1S/C32H26O2S3/c33-13-21-23-15-1-5-17(6-2-15)25(23)29(35-21)31-27-19-9-11-20(12-10-19)28(27)32(37-31)30-26-18-7-3-16(4-8-18)24(26)22(14-34)36-30/h1,3,5,7,9,11,13-20H,2,4,6,8,10,12H2. The van der Waals surface area contributed by atoms with Gasteiger partial charge < -0.3 is 0 Å². The van der Waals surface area contributed by atoms with Crippen LogP contribution < -0.4 is 0 Å². The molecule has 0 amide bonds. The average Bonchev–Trinajstić information content (AvgIpc) is 3.68. The lowest BCUT2D eigenvalue weighted by Gasteiger charge is -2.34. The van der Waals surface area contributed by atoms with Crippen molar-refractivity contribution in [1.82, 2.24) is 0 Å². The number of hydrogen-bond acceptors (Lipinski definition) is 5. The molecule has 5 heteroatoms. The first kappa shape index (κ1) is 21.6. The highest BCUT2D eigenvalue weighted by atomic mass is 32.1. The first-order valence-electron chi connectivity index (χ1n) is 13.7. The van der Waals surface area contributed by atoms with Crippen LogP contribution in [0.3, 0.4) is 0 Å². The molecule has 3 aromatic rings. The second kappa shape index (κ2) is 7.62. The summed E-state index contributed by atoms with van der Waals surface area (Å²) in [5.41, 5.74) is 8.64. The van der Waals surface area contributed by atoms with Crippen LogP contribution in [0.5, 0.6) is 0 Å². The number of aldehydes is 2. The molecule has 0 N–H and O–H groups in total. The van der Waals surface area contributed by atoms with Crippen LogP contribution in [0.2, 0.25) is 0 Å². The van der Waals surface area contributed by atoms with Gasteiger partial charge in [0.15, 0.2) is 12.6 Å². The van der Waals surface area contributed by atoms with Gasteiger partial charge in [0.05, 0.1) is 9.75 Å². The second-order valence-electron chi connectivity index (χ2n) is 11.6. The lowest BCUT2D eigenvalue weighted by molar-refractivity contribution is 0.111. The maximum Gasteiger partial charge on any atom is 0.160 e. The number of hydrogen-bond donors (Lipinski definition) is 0. The Kier molecular flexibility index (Phi) is 4.44. The molecule has 184 valence electrons. The first-order valence-corrected chi connectivity index (χ1v) is 16.2. The van der Waals surface area contributed by atoms with Crippen LogP contribution >= 0.6 is 34.0 Å². The molecule has 0 saturated carbocycles. The molecule has 0 saturated heterocycles. The molecule has 6 atom stereocenters. The van der Waals surface area contributed by atoms with Crippen molar-refractivity contribution in [3.05, 3.63) is 79.6 Å². The summed E-state index contributed by atoms with van der Waals surface area (Å²) in [7, 11) is 0. The summed E-state index contributed by atoms with van der Waals surface area (Å²) in [5, 5.41) is 0. The van der Waals surface area contributed by atoms with Gasteiger partial charge in [0, 0.05) is 55.0 Å². The minimum Gasteiger partial charge on any atom is -0.297 e. The van der Waals surface area contributed by atoms with E-state index in [4.69, 9.17) is 0 Å². The zero-order valence-electron chi connectivity index (χ0n) is 20.4. The number of allylic oxidation sites excluding steroid dienone is 6. The highest BCUT2D eigenvalue weighted by molar-refractivity contribution is 7.27. The Morgan fingerprint density at radius 2 is 0.703 bits per heavy atom. The highest BCUT2D eigenvalue weighted by Gasteiger charge is 2.43. The van der Waals surface area contributed by atoms with Crippen LogP contribution in [0.4, 0.5) is 0 Å². The Hall–Kier alpha value is -2.34. The lowest BCUT2D eigenvalue weighted by Crippen LogP contribution is -2.18. The fourth-order valence-electron chi connectivity index (χ4n) is 8.40. The van der Waals surface area contributed by atoms with E-state index in [1.807, 2.05) is 11.3 Å². The summed E-state index contributed by atoms with van der Waals surface area (Å²) in [5.74, 6) is 2.61. The van der Waals surface area contributed by atoms with Crippen molar-refractivity contribution >= 4 is 46.6 Å². The summed E-state index contributed by atoms with van der Waals surface area (Å²) in [6.45, 7) is 0. The largest absolute Gasteiger partial charge is 0.297 e. The monoisotopic (exact) mass is 538 g/mol. The molecule has 2 nitrogen and oxygen atoms in total. The molecule has 3 aromatic heterocycles. The first-order chi connectivity index (χ1) is 18.2. The molecule has 9 aliphatic rings. The van der Waals surface area contributed by atoms with Gasteiger partial charge in [-0.2, -0.15) is 0 Å². The molecule has 37 heavy (non-hydrogen) atoms. The molecule has 0 aromatic carbocycles. The third kappa shape index (κ3) is 2.71. The molecule has 6 unspecified atom stereocenters. The van der Waals surface area contributed by atoms with Gasteiger partial charge in [-0.05, 0) is 71.9 Å². The van der Waals surface area contributed by atoms with E-state index in [0.29, 0.717) is 35.5 Å². The van der Waals surface area contributed by atoms with Crippen molar-refractivity contribution in [3.63, 3.8) is 0 Å². The smallest absolute Gasteiger partial charge is 0.160 e. The summed E-state index contributed by atoms with van der Waals surface area (Å²) in [6.07, 6.45) is 23.8. The van der Waals surface area contributed by atoms with Crippen LogP contribution in [0.15, 0.2) is 36.5 Å². The highest BCUT2D eigenvalue weighted by Crippen LogP contribution is 2.63. The van der Waals surface area contributed by atoms with E-state index >= 15 is 0 Å². The Labute approximate surface area is 228 Å². The quantitative estimate of drug-likeness (QED) is 0.245. The molecule has 3 heterocycles. The van der Waals surface area contributed by atoms with Crippen LogP contribution in [0.1, 0.15) is 127 Å². The Morgan fingerprint density at radius 3 is 1.00 bits per heavy atom. The van der Waals surface area contributed by atoms with Gasteiger partial charge in [-0.1, -0.05) is 36.5 Å². The Morgan fingerprint density at radius 1 is 0.432 bits per heavy atom. The Balaban J connectivity index is 1.32. The number of carbonyl (C=O) groups is 2. The van der Waals surface area contributed by atoms with Gasteiger partial charge in [-0.3, -0.25) is 9.59 Å². The zero-order chi connectivity index (χ0) is 24.4. The summed E-state index contributed by atoms with van der Waals surface area (Å²) in [4.78, 5) is 32.0. The van der Waals surface area contributed by atoms with Gasteiger partial charge in [0.2, 0.25) is 0 Å². The van der Waals surface area contributed by atoms with E-state index in [2.05, 4.69) is 36.5 Å². The van der Waals surface area contributed by atoms with Gasteiger partial charge in [-0.25, -0.2) is 0 Å². The normalized spacial score (nSPS) is 31.0. The van der Waals surface area contributed by atoms with E-state index in [-0.39, 0.29) is 0 Å². The number of rotatable bonds is 4. The molecule has 0 aliphatic heterocycles. The minimum absolute atomic E-state index is 0.401. The maximum absolute atomic E-state index is 12.3. The van der Waals surface area contributed by atoms with Crippen molar-refractivity contribution in [2.45, 2.75) is 74.0 Å². The minimum atomic E-state index is 0.401. The van der Waals surface area contributed by atoms with E-state index in [1.165, 1.54) is 78.6 Å². The average molecular weight is 539 g/mol. The summed E-state index contributed by atoms with van der Waals surface area (Å²) < 4.78 is 0. The second-order valence-corrected chi connectivity index (χ2v) is 14.7. The van der Waals surface area contributed by atoms with Crippen molar-refractivity contribution in [2.24, 2.45) is 0 Å². The molecule has 6 bridgehead atoms. The molecule has 9 aliphatic carbocycles. The fraction of sp³-hybridized carbons (Fsp3) is 0.375. The predicted octanol–water partition coefficient (Wildman–Crippen LogP) is 9.42. The number of thiophene rings is 3. The lowest BCUT2D eigenvalue weighted by atomic mass is 9.69. The van der Waals surface area contributed by atoms with E-state index in [9.17, 15) is 9.59 Å². The van der Waals surface area contributed by atoms with Gasteiger partial charge in [0.25, 0.3) is 0 Å². The molecular formula is C32H26O2S3. The SMILES string of the molecule is O=Cc1sc(-c2sc(-c3sc(C=O)c4c3C3C=CC4CC3)c3c2C2C=CC3CC2)c2c1C1C=CC2CC1. The van der Waals surface area contributed by atoms with Crippen LogP contribution in [-0.2, 0) is 0 Å². The van der Waals surface area contributed by atoms with Crippen molar-refractivity contribution in [1.29, 1.82) is 0 Å². The van der Waals surface area contributed by atoms with Gasteiger partial charge in [-0.15, -0.1) is 34.0 Å². The van der Waals surface area contributed by atoms with Crippen LogP contribution in [0, 0.1) is 0 Å². The molecular weight excluding hydrogens is 513 g/mol. The van der Waals surface area contributed by atoms with Crippen LogP contribution in [0.25, 0.3) is 19.5 Å². The third-order valence-corrected chi connectivity index (χ3v) is 13.8. The van der Waals surface area contributed by atoms with Gasteiger partial charge >= 0.3 is 0 Å². The van der Waals surface area contributed by atoms with Gasteiger partial charge in [0.1, 0.15) is 0 Å². The number of carbonyl (C=O) groups excluding carboxylic acids is 2. The topological polar surface area (TPSA) is 34.1 Å². The molecule has 0 fully saturated rings. The van der Waals surface area contributed by atoms with Crippen molar-refractivity contribution in [3.8, 4) is 19.5 Å². The van der Waals surface area contributed by atoms with Crippen molar-refractivity contribution in [2.75, 3.05) is 0 Å². The van der Waals surface area contributed by atoms with E-state index in [0.717, 1.165) is 35.2 Å². The van der Waals surface area contributed by atoms with E-state index < -0.39 is 0 Å². The molecule has 0 radical (unpaired) electrons.